The summed E-state index contributed by atoms with van der Waals surface area (Å²) in [6.07, 6.45) is -0.586. The van der Waals surface area contributed by atoms with E-state index in [1.54, 1.807) is 32.9 Å². The maximum absolute atomic E-state index is 12.0. The van der Waals surface area contributed by atoms with Crippen LogP contribution in [0, 0.1) is 0 Å². The third-order valence-electron chi connectivity index (χ3n) is 3.29. The molecule has 1 aromatic carbocycles. The van der Waals surface area contributed by atoms with Gasteiger partial charge in [-0.05, 0) is 38.5 Å². The van der Waals surface area contributed by atoms with Gasteiger partial charge in [-0.2, -0.15) is 0 Å². The Hall–Kier alpha value is -1.95. The Morgan fingerprint density at radius 2 is 1.74 bits per heavy atom. The Balaban J connectivity index is 3.28. The second-order valence-corrected chi connectivity index (χ2v) is 6.93. The minimum absolute atomic E-state index is 0.0473. The molecule has 0 spiro atoms. The lowest BCUT2D eigenvalue weighted by molar-refractivity contribution is 0.0635. The van der Waals surface area contributed by atoms with Crippen molar-refractivity contribution in [3.63, 3.8) is 0 Å². The number of carbonyl (C=O) groups excluding carboxylic acids is 1. The van der Waals surface area contributed by atoms with Gasteiger partial charge in [-0.1, -0.05) is 13.8 Å². The molecule has 0 aliphatic carbocycles. The fourth-order valence-electron chi connectivity index (χ4n) is 1.95. The maximum Gasteiger partial charge on any atom is 0.412 e. The number of ether oxygens (including phenoxy) is 3. The lowest BCUT2D eigenvalue weighted by Gasteiger charge is -2.26. The molecule has 23 heavy (non-hydrogen) atoms. The molecule has 0 atom stereocenters. The van der Waals surface area contributed by atoms with Crippen molar-refractivity contribution in [3.8, 4) is 11.5 Å². The summed E-state index contributed by atoms with van der Waals surface area (Å²) in [5.41, 5.74) is 0.133. The van der Waals surface area contributed by atoms with Crippen LogP contribution in [0.1, 0.15) is 40.2 Å². The minimum Gasteiger partial charge on any atom is -0.493 e. The first-order chi connectivity index (χ1) is 10.5. The van der Waals surface area contributed by atoms with Crippen molar-refractivity contribution >= 4 is 11.8 Å². The normalized spacial score (nSPS) is 11.8. The first-order valence-electron chi connectivity index (χ1n) is 7.41. The largest absolute Gasteiger partial charge is 0.493 e. The van der Waals surface area contributed by atoms with E-state index in [2.05, 4.69) is 5.32 Å². The summed E-state index contributed by atoms with van der Waals surface area (Å²) in [6, 6.07) is 3.54. The molecule has 0 heterocycles. The standard InChI is InChI=1S/C17H27NO5/c1-16(2,3)23-15(20)18-12-8-11(17(4,5)10-19)9-13(21-6)14(12)22-7/h8-9,19H,10H2,1-7H3,(H,18,20). The zero-order chi connectivity index (χ0) is 17.8. The highest BCUT2D eigenvalue weighted by atomic mass is 16.6. The Bertz CT molecular complexity index is 561. The summed E-state index contributed by atoms with van der Waals surface area (Å²) in [4.78, 5) is 12.0. The molecule has 0 saturated heterocycles. The molecule has 0 bridgehead atoms. The van der Waals surface area contributed by atoms with Crippen LogP contribution in [0.5, 0.6) is 11.5 Å². The molecule has 1 rings (SSSR count). The van der Waals surface area contributed by atoms with E-state index >= 15 is 0 Å². The molecular formula is C17H27NO5. The van der Waals surface area contributed by atoms with Crippen LogP contribution in [0.15, 0.2) is 12.1 Å². The molecule has 6 nitrogen and oxygen atoms in total. The van der Waals surface area contributed by atoms with Crippen LogP contribution in [0.4, 0.5) is 10.5 Å². The number of nitrogens with one attached hydrogen (secondary N) is 1. The monoisotopic (exact) mass is 325 g/mol. The highest BCUT2D eigenvalue weighted by Crippen LogP contribution is 2.40. The summed E-state index contributed by atoms with van der Waals surface area (Å²) in [6.45, 7) is 9.10. The minimum atomic E-state index is -0.608. The van der Waals surface area contributed by atoms with Gasteiger partial charge >= 0.3 is 6.09 Å². The van der Waals surface area contributed by atoms with E-state index in [1.165, 1.54) is 14.2 Å². The van der Waals surface area contributed by atoms with Crippen molar-refractivity contribution in [1.29, 1.82) is 0 Å². The molecule has 1 aromatic rings. The number of aliphatic hydroxyl groups is 1. The quantitative estimate of drug-likeness (QED) is 0.868. The predicted octanol–water partition coefficient (Wildman–Crippen LogP) is 3.32. The first kappa shape index (κ1) is 19.1. The third kappa shape index (κ3) is 5.03. The van der Waals surface area contributed by atoms with E-state index < -0.39 is 17.1 Å². The SMILES string of the molecule is COc1cc(C(C)(C)CO)cc(NC(=O)OC(C)(C)C)c1OC. The summed E-state index contributed by atoms with van der Waals surface area (Å²) in [7, 11) is 3.01. The number of hydrogen-bond donors (Lipinski definition) is 2. The van der Waals surface area contributed by atoms with Gasteiger partial charge in [0.25, 0.3) is 0 Å². The third-order valence-corrected chi connectivity index (χ3v) is 3.29. The van der Waals surface area contributed by atoms with Crippen molar-refractivity contribution in [3.05, 3.63) is 17.7 Å². The van der Waals surface area contributed by atoms with Gasteiger partial charge in [0.2, 0.25) is 0 Å². The molecule has 0 aliphatic rings. The molecule has 1 amide bonds. The maximum atomic E-state index is 12.0. The van der Waals surface area contributed by atoms with Gasteiger partial charge in [-0.25, -0.2) is 4.79 Å². The molecule has 2 N–H and O–H groups in total. The van der Waals surface area contributed by atoms with Gasteiger partial charge in [0, 0.05) is 5.41 Å². The van der Waals surface area contributed by atoms with Gasteiger partial charge in [0.1, 0.15) is 5.60 Å². The van der Waals surface area contributed by atoms with Crippen molar-refractivity contribution < 1.29 is 24.1 Å². The molecule has 0 aromatic heterocycles. The Labute approximate surface area is 137 Å². The van der Waals surface area contributed by atoms with Gasteiger partial charge in [0.15, 0.2) is 11.5 Å². The molecular weight excluding hydrogens is 298 g/mol. The zero-order valence-corrected chi connectivity index (χ0v) is 14.9. The van der Waals surface area contributed by atoms with Gasteiger partial charge in [-0.15, -0.1) is 0 Å². The van der Waals surface area contributed by atoms with E-state index in [-0.39, 0.29) is 6.61 Å². The molecule has 0 radical (unpaired) electrons. The number of benzene rings is 1. The summed E-state index contributed by atoms with van der Waals surface area (Å²) >= 11 is 0. The topological polar surface area (TPSA) is 77.0 Å². The highest BCUT2D eigenvalue weighted by molar-refractivity contribution is 5.88. The Kier molecular flexibility index (Phi) is 5.88. The van der Waals surface area contributed by atoms with Crippen LogP contribution in [0.2, 0.25) is 0 Å². The number of aliphatic hydroxyl groups excluding tert-OH is 1. The van der Waals surface area contributed by atoms with Gasteiger partial charge in [0.05, 0.1) is 26.5 Å². The number of anilines is 1. The Morgan fingerprint density at radius 3 is 2.17 bits per heavy atom. The fourth-order valence-corrected chi connectivity index (χ4v) is 1.95. The fraction of sp³-hybridized carbons (Fsp3) is 0.588. The van der Waals surface area contributed by atoms with Crippen LogP contribution in [-0.4, -0.2) is 37.6 Å². The number of carbonyl (C=O) groups is 1. The van der Waals surface area contributed by atoms with Crippen LogP contribution in [0.25, 0.3) is 0 Å². The molecule has 0 fully saturated rings. The molecule has 0 saturated carbocycles. The molecule has 130 valence electrons. The number of rotatable bonds is 5. The van der Waals surface area contributed by atoms with Crippen molar-refractivity contribution in [1.82, 2.24) is 0 Å². The summed E-state index contributed by atoms with van der Waals surface area (Å²) in [5, 5.41) is 12.3. The van der Waals surface area contributed by atoms with Crippen molar-refractivity contribution in [2.75, 3.05) is 26.1 Å². The smallest absolute Gasteiger partial charge is 0.412 e. The second-order valence-electron chi connectivity index (χ2n) is 6.93. The Morgan fingerprint density at radius 1 is 1.13 bits per heavy atom. The molecule has 0 unspecified atom stereocenters. The number of methoxy groups -OCH3 is 2. The highest BCUT2D eigenvalue weighted by Gasteiger charge is 2.25. The predicted molar refractivity (Wildman–Crippen MR) is 89.5 cm³/mol. The van der Waals surface area contributed by atoms with Crippen molar-refractivity contribution in [2.24, 2.45) is 0 Å². The van der Waals surface area contributed by atoms with Gasteiger partial charge in [-0.3, -0.25) is 5.32 Å². The second kappa shape index (κ2) is 7.08. The van der Waals surface area contributed by atoms with Crippen LogP contribution >= 0.6 is 0 Å². The lowest BCUT2D eigenvalue weighted by Crippen LogP contribution is -2.28. The lowest BCUT2D eigenvalue weighted by atomic mass is 9.85. The number of amides is 1. The van der Waals surface area contributed by atoms with Crippen LogP contribution in [-0.2, 0) is 10.2 Å². The summed E-state index contributed by atoms with van der Waals surface area (Å²) < 4.78 is 16.0. The molecule has 6 heteroatoms. The van der Waals surface area contributed by atoms with E-state index in [1.807, 2.05) is 13.8 Å². The average molecular weight is 325 g/mol. The molecule has 0 aliphatic heterocycles. The van der Waals surface area contributed by atoms with E-state index in [0.717, 1.165) is 5.56 Å². The van der Waals surface area contributed by atoms with E-state index in [4.69, 9.17) is 14.2 Å². The average Bonchev–Trinajstić information content (AvgIpc) is 2.44. The van der Waals surface area contributed by atoms with Crippen LogP contribution in [0.3, 0.4) is 0 Å². The van der Waals surface area contributed by atoms with Crippen LogP contribution < -0.4 is 14.8 Å². The van der Waals surface area contributed by atoms with Crippen molar-refractivity contribution in [2.45, 2.75) is 45.6 Å². The van der Waals surface area contributed by atoms with E-state index in [0.29, 0.717) is 17.2 Å². The number of hydrogen-bond acceptors (Lipinski definition) is 5. The first-order valence-corrected chi connectivity index (χ1v) is 7.41. The van der Waals surface area contributed by atoms with E-state index in [9.17, 15) is 9.90 Å². The zero-order valence-electron chi connectivity index (χ0n) is 14.9. The van der Waals surface area contributed by atoms with Gasteiger partial charge < -0.3 is 19.3 Å². The summed E-state index contributed by atoms with van der Waals surface area (Å²) in [5.74, 6) is 0.869.